The SMILES string of the molecule is CCC(NC(C)c1cc(Br)ccc1F)c1ccccc1. The molecule has 2 aromatic carbocycles. The third-order valence-corrected chi connectivity index (χ3v) is 3.98. The van der Waals surface area contributed by atoms with E-state index < -0.39 is 0 Å². The number of hydrogen-bond donors (Lipinski definition) is 1. The van der Waals surface area contributed by atoms with Gasteiger partial charge in [-0.1, -0.05) is 53.2 Å². The van der Waals surface area contributed by atoms with Crippen molar-refractivity contribution in [3.8, 4) is 0 Å². The predicted molar refractivity (Wildman–Crippen MR) is 85.1 cm³/mol. The molecule has 2 unspecified atom stereocenters. The van der Waals surface area contributed by atoms with Gasteiger partial charge in [0.05, 0.1) is 0 Å². The lowest BCUT2D eigenvalue weighted by Crippen LogP contribution is -2.24. The lowest BCUT2D eigenvalue weighted by Gasteiger charge is -2.23. The molecule has 0 aliphatic rings. The summed E-state index contributed by atoms with van der Waals surface area (Å²) >= 11 is 3.40. The molecule has 0 fully saturated rings. The van der Waals surface area contributed by atoms with Gasteiger partial charge in [0.2, 0.25) is 0 Å². The van der Waals surface area contributed by atoms with E-state index in [4.69, 9.17) is 0 Å². The Morgan fingerprint density at radius 3 is 2.50 bits per heavy atom. The van der Waals surface area contributed by atoms with Crippen LogP contribution in [0, 0.1) is 5.82 Å². The molecule has 0 bridgehead atoms. The van der Waals surface area contributed by atoms with Crippen molar-refractivity contribution in [1.82, 2.24) is 5.32 Å². The van der Waals surface area contributed by atoms with Crippen LogP contribution < -0.4 is 5.32 Å². The third-order valence-electron chi connectivity index (χ3n) is 3.49. The first kappa shape index (κ1) is 15.2. The Balaban J connectivity index is 2.17. The molecule has 0 aromatic heterocycles. The van der Waals surface area contributed by atoms with Crippen LogP contribution in [0.1, 0.15) is 43.5 Å². The maximum absolute atomic E-state index is 13.9. The highest BCUT2D eigenvalue weighted by molar-refractivity contribution is 9.10. The maximum Gasteiger partial charge on any atom is 0.128 e. The van der Waals surface area contributed by atoms with Crippen LogP contribution in [0.4, 0.5) is 4.39 Å². The lowest BCUT2D eigenvalue weighted by molar-refractivity contribution is 0.442. The zero-order valence-electron chi connectivity index (χ0n) is 11.7. The van der Waals surface area contributed by atoms with Gasteiger partial charge in [0.15, 0.2) is 0 Å². The van der Waals surface area contributed by atoms with Crippen molar-refractivity contribution >= 4 is 15.9 Å². The van der Waals surface area contributed by atoms with E-state index in [1.807, 2.05) is 31.2 Å². The molecule has 2 rings (SSSR count). The lowest BCUT2D eigenvalue weighted by atomic mass is 10.0. The molecule has 20 heavy (non-hydrogen) atoms. The van der Waals surface area contributed by atoms with Crippen LogP contribution in [0.2, 0.25) is 0 Å². The van der Waals surface area contributed by atoms with Gasteiger partial charge in [-0.25, -0.2) is 4.39 Å². The van der Waals surface area contributed by atoms with Gasteiger partial charge in [0.25, 0.3) is 0 Å². The van der Waals surface area contributed by atoms with Crippen molar-refractivity contribution in [2.24, 2.45) is 0 Å². The highest BCUT2D eigenvalue weighted by Crippen LogP contribution is 2.25. The van der Waals surface area contributed by atoms with Crippen LogP contribution in [-0.2, 0) is 0 Å². The minimum absolute atomic E-state index is 0.0438. The number of benzene rings is 2. The quantitative estimate of drug-likeness (QED) is 0.772. The fraction of sp³-hybridized carbons (Fsp3) is 0.294. The molecule has 0 aliphatic heterocycles. The Kier molecular flexibility index (Phi) is 5.32. The molecule has 1 nitrogen and oxygen atoms in total. The van der Waals surface area contributed by atoms with Crippen LogP contribution >= 0.6 is 15.9 Å². The topological polar surface area (TPSA) is 12.0 Å². The number of halogens is 2. The zero-order chi connectivity index (χ0) is 14.5. The molecule has 3 heteroatoms. The number of rotatable bonds is 5. The van der Waals surface area contributed by atoms with Crippen molar-refractivity contribution in [1.29, 1.82) is 0 Å². The van der Waals surface area contributed by atoms with Crippen molar-refractivity contribution in [3.05, 3.63) is 69.9 Å². The van der Waals surface area contributed by atoms with E-state index in [1.54, 1.807) is 6.07 Å². The summed E-state index contributed by atoms with van der Waals surface area (Å²) in [7, 11) is 0. The van der Waals surface area contributed by atoms with Crippen LogP contribution in [0.3, 0.4) is 0 Å². The van der Waals surface area contributed by atoms with Crippen LogP contribution in [0.5, 0.6) is 0 Å². The standard InChI is InChI=1S/C17H19BrFN/c1-3-17(13-7-5-4-6-8-13)20-12(2)15-11-14(18)9-10-16(15)19/h4-12,17,20H,3H2,1-2H3. The summed E-state index contributed by atoms with van der Waals surface area (Å²) in [4.78, 5) is 0. The predicted octanol–water partition coefficient (Wildman–Crippen LogP) is 5.39. The van der Waals surface area contributed by atoms with Gasteiger partial charge in [0.1, 0.15) is 5.82 Å². The van der Waals surface area contributed by atoms with Crippen molar-refractivity contribution in [2.75, 3.05) is 0 Å². The van der Waals surface area contributed by atoms with E-state index in [9.17, 15) is 4.39 Å². The van der Waals surface area contributed by atoms with Gasteiger partial charge >= 0.3 is 0 Å². The van der Waals surface area contributed by atoms with Gasteiger partial charge in [-0.05, 0) is 37.1 Å². The molecule has 0 saturated heterocycles. The Hall–Kier alpha value is -1.19. The normalized spacial score (nSPS) is 14.0. The van der Waals surface area contributed by atoms with Gasteiger partial charge in [0, 0.05) is 22.1 Å². The van der Waals surface area contributed by atoms with E-state index in [1.165, 1.54) is 11.6 Å². The summed E-state index contributed by atoms with van der Waals surface area (Å²) in [5.74, 6) is -0.170. The van der Waals surface area contributed by atoms with E-state index in [0.29, 0.717) is 5.56 Å². The van der Waals surface area contributed by atoms with Gasteiger partial charge < -0.3 is 5.32 Å². The highest BCUT2D eigenvalue weighted by Gasteiger charge is 2.16. The Labute approximate surface area is 128 Å². The Morgan fingerprint density at radius 2 is 1.85 bits per heavy atom. The average Bonchev–Trinajstić information content (AvgIpc) is 2.48. The molecular weight excluding hydrogens is 317 g/mol. The summed E-state index contributed by atoms with van der Waals surface area (Å²) in [6.07, 6.45) is 0.962. The Morgan fingerprint density at radius 1 is 1.15 bits per heavy atom. The third kappa shape index (κ3) is 3.68. The molecule has 0 spiro atoms. The van der Waals surface area contributed by atoms with Gasteiger partial charge in [-0.3, -0.25) is 0 Å². The van der Waals surface area contributed by atoms with Crippen molar-refractivity contribution in [2.45, 2.75) is 32.4 Å². The molecule has 0 amide bonds. The number of nitrogens with one attached hydrogen (secondary N) is 1. The second-order valence-electron chi connectivity index (χ2n) is 4.93. The molecular formula is C17H19BrFN. The molecule has 106 valence electrons. The first-order valence-corrected chi connectivity index (χ1v) is 7.67. The molecule has 0 heterocycles. The largest absolute Gasteiger partial charge is 0.303 e. The fourth-order valence-electron chi connectivity index (χ4n) is 2.37. The van der Waals surface area contributed by atoms with Crippen LogP contribution in [-0.4, -0.2) is 0 Å². The van der Waals surface area contributed by atoms with Crippen molar-refractivity contribution in [3.63, 3.8) is 0 Å². The average molecular weight is 336 g/mol. The van der Waals surface area contributed by atoms with E-state index in [2.05, 4.69) is 40.3 Å². The van der Waals surface area contributed by atoms with Gasteiger partial charge in [-0.15, -0.1) is 0 Å². The summed E-state index contributed by atoms with van der Waals surface area (Å²) in [6, 6.07) is 15.5. The van der Waals surface area contributed by atoms with Crippen LogP contribution in [0.15, 0.2) is 53.0 Å². The minimum Gasteiger partial charge on any atom is -0.303 e. The molecule has 0 saturated carbocycles. The summed E-state index contributed by atoms with van der Waals surface area (Å²) < 4.78 is 14.8. The van der Waals surface area contributed by atoms with E-state index in [-0.39, 0.29) is 17.9 Å². The van der Waals surface area contributed by atoms with E-state index >= 15 is 0 Å². The molecule has 1 N–H and O–H groups in total. The molecule has 0 radical (unpaired) electrons. The first-order valence-electron chi connectivity index (χ1n) is 6.87. The second kappa shape index (κ2) is 7.00. The highest BCUT2D eigenvalue weighted by atomic mass is 79.9. The fourth-order valence-corrected chi connectivity index (χ4v) is 2.75. The number of hydrogen-bond acceptors (Lipinski definition) is 1. The smallest absolute Gasteiger partial charge is 0.128 e. The van der Waals surface area contributed by atoms with Crippen molar-refractivity contribution < 1.29 is 4.39 Å². The molecule has 2 aromatic rings. The second-order valence-corrected chi connectivity index (χ2v) is 5.84. The maximum atomic E-state index is 13.9. The molecule has 0 aliphatic carbocycles. The van der Waals surface area contributed by atoms with Gasteiger partial charge in [-0.2, -0.15) is 0 Å². The zero-order valence-corrected chi connectivity index (χ0v) is 13.3. The molecule has 2 atom stereocenters. The Bertz CT molecular complexity index is 556. The summed E-state index contributed by atoms with van der Waals surface area (Å²) in [6.45, 7) is 4.13. The van der Waals surface area contributed by atoms with Crippen LogP contribution in [0.25, 0.3) is 0 Å². The van der Waals surface area contributed by atoms with E-state index in [0.717, 1.165) is 10.9 Å². The summed E-state index contributed by atoms with van der Waals surface area (Å²) in [5.41, 5.74) is 1.92. The first-order chi connectivity index (χ1) is 9.61. The monoisotopic (exact) mass is 335 g/mol. The minimum atomic E-state index is -0.170. The summed E-state index contributed by atoms with van der Waals surface area (Å²) in [5, 5.41) is 3.51.